The Morgan fingerprint density at radius 2 is 1.12 bits per heavy atom. The molecule has 0 heterocycles. The summed E-state index contributed by atoms with van der Waals surface area (Å²) in [5.41, 5.74) is 3.23. The summed E-state index contributed by atoms with van der Waals surface area (Å²) >= 11 is 0. The van der Waals surface area contributed by atoms with E-state index in [1.807, 2.05) is 27.7 Å². The molecule has 0 amide bonds. The molecule has 0 unspecified atom stereocenters. The first kappa shape index (κ1) is 56.6. The average Bonchev–Trinajstić information content (AvgIpc) is 3.83. The molecule has 5 nitrogen and oxygen atoms in total. The third kappa shape index (κ3) is 35.7. The topological polar surface area (TPSA) is 64.6 Å². The van der Waals surface area contributed by atoms with Gasteiger partial charge in [-0.2, -0.15) is 0 Å². The summed E-state index contributed by atoms with van der Waals surface area (Å²) < 4.78 is 60.7. The van der Waals surface area contributed by atoms with Gasteiger partial charge in [-0.15, -0.1) is 0 Å². The van der Waals surface area contributed by atoms with Crippen LogP contribution < -0.4 is 4.72 Å². The molecule has 0 aromatic heterocycles. The molecule has 308 valence electrons. The molecule has 0 saturated heterocycles. The zero-order valence-corrected chi connectivity index (χ0v) is 38.4. The van der Waals surface area contributed by atoms with Gasteiger partial charge >= 0.3 is 0 Å². The number of rotatable bonds is 11. The van der Waals surface area contributed by atoms with Gasteiger partial charge in [-0.05, 0) is 101 Å². The van der Waals surface area contributed by atoms with E-state index in [4.69, 9.17) is 9.47 Å². The van der Waals surface area contributed by atoms with E-state index in [0.29, 0.717) is 22.7 Å². The molecule has 2 rings (SSSR count). The first-order valence-electron chi connectivity index (χ1n) is 19.5. The van der Waals surface area contributed by atoms with Gasteiger partial charge in [-0.3, -0.25) is 0 Å². The fourth-order valence-electron chi connectivity index (χ4n) is 2.73. The normalized spacial score (nSPS) is 13.6. The smallest absolute Gasteiger partial charge is 0.293 e. The minimum absolute atomic E-state index is 0.0330. The molecule has 1 fully saturated rings. The minimum atomic E-state index is -2.94. The van der Waals surface area contributed by atoms with Crippen LogP contribution in [-0.2, 0) is 19.5 Å². The van der Waals surface area contributed by atoms with Crippen molar-refractivity contribution in [1.82, 2.24) is 4.72 Å². The second-order valence-electron chi connectivity index (χ2n) is 17.9. The Balaban J connectivity index is -0.000000276. The molecule has 1 aliphatic carbocycles. The lowest BCUT2D eigenvalue weighted by molar-refractivity contribution is -0.158. The Morgan fingerprint density at radius 1 is 0.745 bits per heavy atom. The number of ether oxygens (including phenoxy) is 2. The highest BCUT2D eigenvalue weighted by molar-refractivity contribution is 7.90. The molecular formula is C43H87F2NO4S. The molecule has 0 atom stereocenters. The second-order valence-corrected chi connectivity index (χ2v) is 19.9. The van der Waals surface area contributed by atoms with Crippen LogP contribution in [0.15, 0.2) is 24.3 Å². The Hall–Kier alpha value is -1.09. The molecular weight excluding hydrogens is 665 g/mol. The summed E-state index contributed by atoms with van der Waals surface area (Å²) in [6.07, 6.45) is 2.79. The summed E-state index contributed by atoms with van der Waals surface area (Å²) in [4.78, 5) is 0. The van der Waals surface area contributed by atoms with Crippen LogP contribution in [0.4, 0.5) is 8.78 Å². The van der Waals surface area contributed by atoms with Crippen molar-refractivity contribution in [2.75, 3.05) is 13.2 Å². The summed E-state index contributed by atoms with van der Waals surface area (Å²) in [5.74, 6) is -0.736. The predicted octanol–water partition coefficient (Wildman–Crippen LogP) is 13.4. The summed E-state index contributed by atoms with van der Waals surface area (Å²) in [6.45, 7) is 44.4. The van der Waals surface area contributed by atoms with Gasteiger partial charge in [0.2, 0.25) is 10.0 Å². The Labute approximate surface area is 318 Å². The molecule has 0 aliphatic heterocycles. The highest BCUT2D eigenvalue weighted by Gasteiger charge is 2.35. The minimum Gasteiger partial charge on any atom is -0.372 e. The van der Waals surface area contributed by atoms with Crippen LogP contribution in [0.3, 0.4) is 0 Å². The van der Waals surface area contributed by atoms with Crippen molar-refractivity contribution in [3.63, 3.8) is 0 Å². The highest BCUT2D eigenvalue weighted by atomic mass is 32.2. The molecule has 1 N–H and O–H groups in total. The van der Waals surface area contributed by atoms with E-state index < -0.39 is 34.8 Å². The molecule has 0 spiro atoms. The van der Waals surface area contributed by atoms with Gasteiger partial charge in [0.15, 0.2) is 0 Å². The van der Waals surface area contributed by atoms with Crippen LogP contribution in [0.2, 0.25) is 0 Å². The molecule has 1 aromatic rings. The number of sulfonamides is 1. The average molecular weight is 752 g/mol. The first-order chi connectivity index (χ1) is 22.8. The summed E-state index contributed by atoms with van der Waals surface area (Å²) in [5, 5.41) is -0.0881. The van der Waals surface area contributed by atoms with E-state index in [1.165, 1.54) is 17.5 Å². The maximum Gasteiger partial charge on any atom is 0.293 e. The Kier molecular flexibility index (Phi) is 29.6. The van der Waals surface area contributed by atoms with E-state index in [9.17, 15) is 17.2 Å². The van der Waals surface area contributed by atoms with Gasteiger partial charge in [0.25, 0.3) is 5.92 Å². The van der Waals surface area contributed by atoms with Crippen LogP contribution in [-0.4, -0.2) is 50.6 Å². The molecule has 51 heavy (non-hydrogen) atoms. The largest absolute Gasteiger partial charge is 0.372 e. The fraction of sp³-hybridized carbons (Fsp3) is 0.860. The van der Waals surface area contributed by atoms with E-state index in [1.54, 1.807) is 34.6 Å². The van der Waals surface area contributed by atoms with Crippen LogP contribution in [0.25, 0.3) is 0 Å². The van der Waals surface area contributed by atoms with Crippen molar-refractivity contribution in [2.45, 2.75) is 212 Å². The number of hydrogen-bond donors (Lipinski definition) is 1. The van der Waals surface area contributed by atoms with Crippen molar-refractivity contribution in [2.24, 2.45) is 16.7 Å². The van der Waals surface area contributed by atoms with Crippen molar-refractivity contribution in [3.05, 3.63) is 35.4 Å². The molecule has 1 saturated carbocycles. The standard InChI is InChI=1S/C12H18.C10H20F2O2.C8H18.C6H13NO2S.C5H12.C2H6/c1-9(2)11-6-5-7-12(8-11)10(3)4;1-8(2)13-6-10(11,12)7-14-9(3,4)5;1-7(2,3)8(4,5)6;1-5(2)7-10(8,9)6-3-4-6;1-4-5(2)3;1-2/h5-10H,1-4H3;8H,6-7H2,1-5H3;1-6H3;5-7H,3-4H2,1-2H3;5H,4H2,1-3H3;1-2H3. The van der Waals surface area contributed by atoms with Crippen molar-refractivity contribution >= 4 is 10.0 Å². The molecule has 0 radical (unpaired) electrons. The lowest BCUT2D eigenvalue weighted by atomic mass is 9.71. The van der Waals surface area contributed by atoms with Crippen molar-refractivity contribution < 1.29 is 26.7 Å². The zero-order valence-electron chi connectivity index (χ0n) is 37.6. The van der Waals surface area contributed by atoms with E-state index in [-0.39, 0.29) is 17.4 Å². The van der Waals surface area contributed by atoms with Crippen LogP contribution in [0, 0.1) is 16.7 Å². The molecule has 0 bridgehead atoms. The Bertz CT molecular complexity index is 1040. The van der Waals surface area contributed by atoms with Gasteiger partial charge in [0.1, 0.15) is 13.2 Å². The van der Waals surface area contributed by atoms with Crippen molar-refractivity contribution in [3.8, 4) is 0 Å². The maximum absolute atomic E-state index is 13.1. The fourth-order valence-corrected chi connectivity index (χ4v) is 4.34. The van der Waals surface area contributed by atoms with Crippen LogP contribution in [0.1, 0.15) is 195 Å². The Morgan fingerprint density at radius 3 is 1.35 bits per heavy atom. The lowest BCUT2D eigenvalue weighted by Crippen LogP contribution is -2.35. The number of alkyl halides is 2. The third-order valence-electron chi connectivity index (χ3n) is 8.02. The van der Waals surface area contributed by atoms with Crippen LogP contribution >= 0.6 is 0 Å². The van der Waals surface area contributed by atoms with E-state index in [0.717, 1.165) is 18.8 Å². The third-order valence-corrected chi connectivity index (χ3v) is 10.2. The van der Waals surface area contributed by atoms with Gasteiger partial charge in [-0.25, -0.2) is 21.9 Å². The molecule has 1 aliphatic rings. The highest BCUT2D eigenvalue weighted by Crippen LogP contribution is 2.36. The van der Waals surface area contributed by atoms with Gasteiger partial charge < -0.3 is 9.47 Å². The second kappa shape index (κ2) is 26.6. The summed E-state index contributed by atoms with van der Waals surface area (Å²) in [6, 6.07) is 8.91. The quantitative estimate of drug-likeness (QED) is 0.244. The number of nitrogens with one attached hydrogen (secondary N) is 1. The first-order valence-corrected chi connectivity index (χ1v) is 21.1. The van der Waals surface area contributed by atoms with Crippen LogP contribution in [0.5, 0.6) is 0 Å². The number of benzene rings is 1. The monoisotopic (exact) mass is 752 g/mol. The SMILES string of the molecule is CC.CC(C)(C)C(C)(C)C.CC(C)NS(=O)(=O)C1CC1.CC(C)OCC(F)(F)COC(C)(C)C.CC(C)c1cccc(C(C)C)c1.CCC(C)C. The predicted molar refractivity (Wildman–Crippen MR) is 222 cm³/mol. The van der Waals surface area contributed by atoms with E-state index in [2.05, 4.69) is 119 Å². The maximum atomic E-state index is 13.1. The number of halogens is 2. The number of hydrogen-bond acceptors (Lipinski definition) is 4. The van der Waals surface area contributed by atoms with Gasteiger partial charge in [-0.1, -0.05) is 135 Å². The summed E-state index contributed by atoms with van der Waals surface area (Å²) in [7, 11) is -2.94. The van der Waals surface area contributed by atoms with Gasteiger partial charge in [0, 0.05) is 6.04 Å². The van der Waals surface area contributed by atoms with E-state index >= 15 is 0 Å². The lowest BCUT2D eigenvalue weighted by Gasteiger charge is -2.34. The zero-order chi connectivity index (χ0) is 41.6. The van der Waals surface area contributed by atoms with Gasteiger partial charge in [0.05, 0.1) is 17.0 Å². The van der Waals surface area contributed by atoms with Crippen molar-refractivity contribution in [1.29, 1.82) is 0 Å². The molecule has 8 heteroatoms. The molecule has 1 aromatic carbocycles.